The highest BCUT2D eigenvalue weighted by Gasteiger charge is 2.29. The van der Waals surface area contributed by atoms with Gasteiger partial charge in [0.2, 0.25) is 17.7 Å². The van der Waals surface area contributed by atoms with Crippen molar-refractivity contribution in [3.8, 4) is 22.6 Å². The molecular weight excluding hydrogens is 516 g/mol. The van der Waals surface area contributed by atoms with Gasteiger partial charge in [0, 0.05) is 25.4 Å². The second kappa shape index (κ2) is 14.6. The van der Waals surface area contributed by atoms with Crippen LogP contribution < -0.4 is 33.2 Å². The Kier molecular flexibility index (Phi) is 11.3. The summed E-state index contributed by atoms with van der Waals surface area (Å²) in [5.74, 6) is -1.73. The van der Waals surface area contributed by atoms with Crippen molar-refractivity contribution in [2.45, 2.75) is 62.7 Å². The molecule has 0 saturated carbocycles. The molecule has 0 spiro atoms. The van der Waals surface area contributed by atoms with E-state index >= 15 is 0 Å². The lowest BCUT2D eigenvalue weighted by Crippen LogP contribution is -2.56. The van der Waals surface area contributed by atoms with Gasteiger partial charge in [-0.3, -0.25) is 14.4 Å². The summed E-state index contributed by atoms with van der Waals surface area (Å²) in [6, 6.07) is 6.30. The number of hydrogen-bond donors (Lipinski definition) is 9. The second-order valence-corrected chi connectivity index (χ2v) is 10.1. The second-order valence-electron chi connectivity index (χ2n) is 10.1. The van der Waals surface area contributed by atoms with E-state index in [1.54, 1.807) is 24.3 Å². The summed E-state index contributed by atoms with van der Waals surface area (Å²) in [6.07, 6.45) is 1.66. The summed E-state index contributed by atoms with van der Waals surface area (Å²) in [6.45, 7) is 0.390. The first-order chi connectivity index (χ1) is 19.1. The summed E-state index contributed by atoms with van der Waals surface area (Å²) in [5, 5.41) is 38.3. The van der Waals surface area contributed by atoms with Crippen LogP contribution in [0.25, 0.3) is 11.1 Å². The van der Waals surface area contributed by atoms with Crippen LogP contribution in [0.3, 0.4) is 0 Å². The van der Waals surface area contributed by atoms with Crippen LogP contribution in [-0.4, -0.2) is 76.9 Å². The van der Waals surface area contributed by atoms with Crippen LogP contribution in [0.5, 0.6) is 11.5 Å². The van der Waals surface area contributed by atoms with Gasteiger partial charge in [-0.05, 0) is 78.7 Å². The van der Waals surface area contributed by atoms with E-state index in [9.17, 15) is 24.6 Å². The SMILES string of the molecule is NCCC[C@@H]1NC(=O)[C@@H](N)Cc2cc(ccc2O)-c2ccc(O)c(c2)C[C@@H](C(=O)NCCC[C@H](N)CO)NC1=O. The van der Waals surface area contributed by atoms with Gasteiger partial charge < -0.3 is 48.5 Å². The molecule has 1 heterocycles. The third-order valence-corrected chi connectivity index (χ3v) is 6.94. The lowest BCUT2D eigenvalue weighted by Gasteiger charge is -2.24. The van der Waals surface area contributed by atoms with Crippen molar-refractivity contribution in [3.05, 3.63) is 47.5 Å². The van der Waals surface area contributed by atoms with Gasteiger partial charge in [0.1, 0.15) is 23.6 Å². The normalized spacial score (nSPS) is 20.4. The molecule has 1 aliphatic heterocycles. The zero-order valence-corrected chi connectivity index (χ0v) is 22.4. The van der Waals surface area contributed by atoms with Crippen LogP contribution >= 0.6 is 0 Å². The number of aliphatic hydroxyl groups excluding tert-OH is 1. The fourth-order valence-corrected chi connectivity index (χ4v) is 4.55. The van der Waals surface area contributed by atoms with Gasteiger partial charge in [-0.1, -0.05) is 12.1 Å². The molecule has 2 aromatic carbocycles. The minimum absolute atomic E-state index is 0.0205. The summed E-state index contributed by atoms with van der Waals surface area (Å²) < 4.78 is 0. The minimum atomic E-state index is -1.08. The fourth-order valence-electron chi connectivity index (χ4n) is 4.55. The Hall–Kier alpha value is -3.71. The molecule has 40 heavy (non-hydrogen) atoms. The monoisotopic (exact) mass is 556 g/mol. The molecule has 12 N–H and O–H groups in total. The van der Waals surface area contributed by atoms with Crippen LogP contribution in [0.15, 0.2) is 36.4 Å². The van der Waals surface area contributed by atoms with Crippen molar-refractivity contribution in [1.82, 2.24) is 16.0 Å². The number of benzene rings is 2. The number of rotatable bonds is 9. The number of hydrogen-bond acceptors (Lipinski definition) is 9. The van der Waals surface area contributed by atoms with E-state index in [1.807, 2.05) is 0 Å². The standard InChI is InChI=1S/C28H40N6O6/c29-9-1-4-22-28(40)34-23(27(39)32-10-2-3-20(30)15-35)14-19-12-17(6-8-25(19)37)16-5-7-24(36)18(11-16)13-21(31)26(38)33-22/h5-8,11-12,20-23,35-37H,1-4,9-10,13-15,29-31H2,(H,32,39)(H,33,38)(H,34,40)/t20-,21-,22-,23-/m0/s1. The summed E-state index contributed by atoms with van der Waals surface area (Å²) in [5.41, 5.74) is 19.8. The molecule has 218 valence electrons. The Balaban J connectivity index is 1.98. The molecular formula is C28H40N6O6. The average Bonchev–Trinajstić information content (AvgIpc) is 2.94. The van der Waals surface area contributed by atoms with Gasteiger partial charge in [-0.15, -0.1) is 0 Å². The zero-order valence-electron chi connectivity index (χ0n) is 22.4. The predicted molar refractivity (Wildman–Crippen MR) is 150 cm³/mol. The van der Waals surface area contributed by atoms with Crippen molar-refractivity contribution in [3.63, 3.8) is 0 Å². The molecule has 12 nitrogen and oxygen atoms in total. The summed E-state index contributed by atoms with van der Waals surface area (Å²) in [4.78, 5) is 39.6. The molecule has 2 aromatic rings. The van der Waals surface area contributed by atoms with Gasteiger partial charge in [-0.25, -0.2) is 0 Å². The topological polar surface area (TPSA) is 226 Å². The smallest absolute Gasteiger partial charge is 0.243 e. The number of nitrogens with two attached hydrogens (primary N) is 3. The number of carbonyl (C=O) groups excluding carboxylic acids is 3. The van der Waals surface area contributed by atoms with Crippen molar-refractivity contribution in [1.29, 1.82) is 0 Å². The van der Waals surface area contributed by atoms with Gasteiger partial charge in [0.15, 0.2) is 0 Å². The number of amides is 3. The molecule has 0 aromatic heterocycles. The zero-order chi connectivity index (χ0) is 29.2. The molecule has 1 aliphatic rings. The molecule has 4 bridgehead atoms. The average molecular weight is 557 g/mol. The number of phenolic OH excluding ortho intramolecular Hbond substituents is 2. The third-order valence-electron chi connectivity index (χ3n) is 6.94. The maximum absolute atomic E-state index is 13.4. The van der Waals surface area contributed by atoms with Crippen molar-refractivity contribution in [2.24, 2.45) is 17.2 Å². The Morgan fingerprint density at radius 2 is 1.60 bits per heavy atom. The largest absolute Gasteiger partial charge is 0.508 e. The molecule has 0 fully saturated rings. The number of nitrogens with one attached hydrogen (secondary N) is 3. The third kappa shape index (κ3) is 8.39. The first-order valence-corrected chi connectivity index (χ1v) is 13.5. The van der Waals surface area contributed by atoms with Gasteiger partial charge in [-0.2, -0.15) is 0 Å². The Morgan fingerprint density at radius 1 is 0.975 bits per heavy atom. The molecule has 0 radical (unpaired) electrons. The molecule has 3 amide bonds. The molecule has 0 unspecified atom stereocenters. The van der Waals surface area contributed by atoms with Gasteiger partial charge in [0.05, 0.1) is 12.6 Å². The highest BCUT2D eigenvalue weighted by atomic mass is 16.3. The first-order valence-electron chi connectivity index (χ1n) is 13.5. The maximum atomic E-state index is 13.4. The Morgan fingerprint density at radius 3 is 2.20 bits per heavy atom. The van der Waals surface area contributed by atoms with E-state index in [0.29, 0.717) is 41.5 Å². The van der Waals surface area contributed by atoms with E-state index in [2.05, 4.69) is 16.0 Å². The van der Waals surface area contributed by atoms with Crippen LogP contribution in [0.1, 0.15) is 36.8 Å². The van der Waals surface area contributed by atoms with E-state index < -0.39 is 41.9 Å². The fraction of sp³-hybridized carbons (Fsp3) is 0.464. The van der Waals surface area contributed by atoms with Crippen molar-refractivity contribution in [2.75, 3.05) is 19.7 Å². The lowest BCUT2D eigenvalue weighted by atomic mass is 9.95. The molecule has 0 saturated heterocycles. The van der Waals surface area contributed by atoms with Crippen LogP contribution in [0, 0.1) is 0 Å². The van der Waals surface area contributed by atoms with Gasteiger partial charge in [0.25, 0.3) is 0 Å². The number of fused-ring (bicyclic) bond motifs is 5. The molecule has 0 aliphatic carbocycles. The Labute approximate surface area is 233 Å². The molecule has 3 rings (SSSR count). The number of carbonyl (C=O) groups is 3. The summed E-state index contributed by atoms with van der Waals surface area (Å²) in [7, 11) is 0. The van der Waals surface area contributed by atoms with Crippen LogP contribution in [0.2, 0.25) is 0 Å². The van der Waals surface area contributed by atoms with E-state index in [1.165, 1.54) is 12.1 Å². The highest BCUT2D eigenvalue weighted by Crippen LogP contribution is 2.30. The predicted octanol–water partition coefficient (Wildman–Crippen LogP) is -0.885. The van der Waals surface area contributed by atoms with Crippen LogP contribution in [0.4, 0.5) is 0 Å². The molecule has 4 atom stereocenters. The van der Waals surface area contributed by atoms with Gasteiger partial charge >= 0.3 is 0 Å². The van der Waals surface area contributed by atoms with E-state index in [4.69, 9.17) is 22.3 Å². The van der Waals surface area contributed by atoms with E-state index in [0.717, 1.165) is 0 Å². The number of aromatic hydroxyl groups is 2. The quantitative estimate of drug-likeness (QED) is 0.174. The summed E-state index contributed by atoms with van der Waals surface area (Å²) >= 11 is 0. The molecule has 12 heteroatoms. The lowest BCUT2D eigenvalue weighted by molar-refractivity contribution is -0.132. The van der Waals surface area contributed by atoms with Crippen molar-refractivity contribution >= 4 is 17.7 Å². The maximum Gasteiger partial charge on any atom is 0.243 e. The number of phenols is 2. The number of aliphatic hydroxyl groups is 1. The Bertz CT molecular complexity index is 1190. The highest BCUT2D eigenvalue weighted by molar-refractivity contribution is 5.93. The van der Waals surface area contributed by atoms with Crippen molar-refractivity contribution < 1.29 is 29.7 Å². The van der Waals surface area contributed by atoms with E-state index in [-0.39, 0.29) is 50.5 Å². The minimum Gasteiger partial charge on any atom is -0.508 e. The van der Waals surface area contributed by atoms with Crippen LogP contribution in [-0.2, 0) is 27.2 Å². The first kappa shape index (κ1) is 30.8.